The lowest BCUT2D eigenvalue weighted by molar-refractivity contribution is 0.219. The summed E-state index contributed by atoms with van der Waals surface area (Å²) in [6.45, 7) is 5.65. The fourth-order valence-corrected chi connectivity index (χ4v) is 5.07. The summed E-state index contributed by atoms with van der Waals surface area (Å²) in [5.74, 6) is -0.771. The van der Waals surface area contributed by atoms with Crippen LogP contribution in [0.4, 0.5) is 0 Å². The summed E-state index contributed by atoms with van der Waals surface area (Å²) in [5.41, 5.74) is 0. The Morgan fingerprint density at radius 2 is 1.74 bits per heavy atom. The van der Waals surface area contributed by atoms with E-state index >= 15 is 0 Å². The van der Waals surface area contributed by atoms with Gasteiger partial charge >= 0.3 is 0 Å². The third-order valence-corrected chi connectivity index (χ3v) is 7.28. The van der Waals surface area contributed by atoms with Crippen molar-refractivity contribution in [2.45, 2.75) is 31.8 Å². The second-order valence-electron chi connectivity index (χ2n) is 5.55. The van der Waals surface area contributed by atoms with Gasteiger partial charge in [-0.25, -0.2) is 0 Å². The quantitative estimate of drug-likeness (QED) is 0.870. The molecule has 1 unspecified atom stereocenters. The van der Waals surface area contributed by atoms with Gasteiger partial charge in [0.25, 0.3) is 0 Å². The first-order valence-electron chi connectivity index (χ1n) is 6.24. The minimum atomic E-state index is -3.07. The average Bonchev–Trinajstić information content (AvgIpc) is 2.90. The Balaban J connectivity index is 2.57. The van der Waals surface area contributed by atoms with E-state index in [1.54, 1.807) is 24.3 Å². The highest BCUT2D eigenvalue weighted by Gasteiger charge is 2.46. The number of hydrogen-bond donors (Lipinski definition) is 1. The largest absolute Gasteiger partial charge is 0.466 e. The molecule has 0 aliphatic carbocycles. The fourth-order valence-electron chi connectivity index (χ4n) is 2.16. The van der Waals surface area contributed by atoms with Crippen molar-refractivity contribution < 1.29 is 14.1 Å². The summed E-state index contributed by atoms with van der Waals surface area (Å²) in [4.78, 5) is 0. The van der Waals surface area contributed by atoms with Gasteiger partial charge in [-0.1, -0.05) is 51.1 Å². The molecule has 3 nitrogen and oxygen atoms in total. The van der Waals surface area contributed by atoms with E-state index in [4.69, 9.17) is 4.42 Å². The molecule has 0 spiro atoms. The second-order valence-corrected chi connectivity index (χ2v) is 9.22. The number of hydrogen-bond acceptors (Lipinski definition) is 3. The number of aliphatic hydroxyl groups is 1. The van der Waals surface area contributed by atoms with Gasteiger partial charge in [0, 0.05) is 10.5 Å². The average molecular weight is 278 g/mol. The van der Waals surface area contributed by atoms with Gasteiger partial charge in [-0.15, -0.1) is 0 Å². The molecule has 102 valence electrons. The number of benzene rings is 1. The van der Waals surface area contributed by atoms with E-state index in [0.717, 1.165) is 0 Å². The Bertz CT molecular complexity index is 567. The molecule has 19 heavy (non-hydrogen) atoms. The molecule has 2 atom stereocenters. The van der Waals surface area contributed by atoms with E-state index in [2.05, 4.69) is 0 Å². The molecule has 2 aromatic rings. The Morgan fingerprint density at radius 3 is 2.21 bits per heavy atom. The molecule has 1 N–H and O–H groups in total. The van der Waals surface area contributed by atoms with E-state index < -0.39 is 18.1 Å². The molecule has 4 heteroatoms. The van der Waals surface area contributed by atoms with Crippen LogP contribution in [-0.4, -0.2) is 10.3 Å². The number of rotatable bonds is 3. The van der Waals surface area contributed by atoms with Gasteiger partial charge in [-0.2, -0.15) is 0 Å². The summed E-state index contributed by atoms with van der Waals surface area (Å²) in [6.07, 6.45) is 1.48. The van der Waals surface area contributed by atoms with Crippen molar-refractivity contribution in [3.05, 3.63) is 54.5 Å². The summed E-state index contributed by atoms with van der Waals surface area (Å²) >= 11 is 0. The highest BCUT2D eigenvalue weighted by Crippen LogP contribution is 2.65. The molecular formula is C15H19O3P. The highest BCUT2D eigenvalue weighted by atomic mass is 31.2. The molecule has 1 aromatic carbocycles. The lowest BCUT2D eigenvalue weighted by atomic mass is 10.3. The van der Waals surface area contributed by atoms with Crippen molar-refractivity contribution in [1.29, 1.82) is 0 Å². The van der Waals surface area contributed by atoms with Crippen molar-refractivity contribution in [1.82, 2.24) is 0 Å². The van der Waals surface area contributed by atoms with Crippen molar-refractivity contribution in [2.75, 3.05) is 0 Å². The SMILES string of the molecule is CC(C)(C)[P@](=O)(c1ccccc1)C(O)c1ccco1. The fraction of sp³-hybridized carbons (Fsp3) is 0.333. The van der Waals surface area contributed by atoms with Gasteiger partial charge in [0.2, 0.25) is 0 Å². The van der Waals surface area contributed by atoms with E-state index in [9.17, 15) is 9.67 Å². The van der Waals surface area contributed by atoms with Crippen LogP contribution < -0.4 is 5.30 Å². The molecule has 1 heterocycles. The monoisotopic (exact) mass is 278 g/mol. The first kappa shape index (κ1) is 14.1. The van der Waals surface area contributed by atoms with Crippen LogP contribution >= 0.6 is 7.14 Å². The maximum absolute atomic E-state index is 13.5. The smallest absolute Gasteiger partial charge is 0.168 e. The van der Waals surface area contributed by atoms with Crippen LogP contribution in [0.2, 0.25) is 0 Å². The van der Waals surface area contributed by atoms with Crippen LogP contribution in [0, 0.1) is 0 Å². The first-order chi connectivity index (χ1) is 8.87. The minimum absolute atomic E-state index is 0.349. The molecule has 0 saturated carbocycles. The Kier molecular flexibility index (Phi) is 3.71. The molecule has 0 aliphatic rings. The molecular weight excluding hydrogens is 259 g/mol. The standard InChI is InChI=1S/C15H19O3P/c1-15(2,3)19(17,12-8-5-4-6-9-12)14(16)13-10-7-11-18-13/h4-11,14,16H,1-3H3/t14?,19-/m0/s1. The zero-order valence-electron chi connectivity index (χ0n) is 11.4. The van der Waals surface area contributed by atoms with E-state index in [0.29, 0.717) is 11.1 Å². The lowest BCUT2D eigenvalue weighted by Gasteiger charge is -2.34. The van der Waals surface area contributed by atoms with Crippen molar-refractivity contribution in [2.24, 2.45) is 0 Å². The van der Waals surface area contributed by atoms with Crippen LogP contribution in [0.25, 0.3) is 0 Å². The van der Waals surface area contributed by atoms with E-state index in [1.165, 1.54) is 6.26 Å². The van der Waals surface area contributed by atoms with E-state index in [-0.39, 0.29) is 0 Å². The van der Waals surface area contributed by atoms with Gasteiger partial charge in [0.05, 0.1) is 6.26 Å². The molecule has 0 radical (unpaired) electrons. The summed E-state index contributed by atoms with van der Waals surface area (Å²) in [5, 5.41) is 10.7. The van der Waals surface area contributed by atoms with Gasteiger partial charge < -0.3 is 14.1 Å². The third-order valence-electron chi connectivity index (χ3n) is 3.28. The maximum Gasteiger partial charge on any atom is 0.168 e. The van der Waals surface area contributed by atoms with Gasteiger partial charge in [-0.05, 0) is 12.1 Å². The lowest BCUT2D eigenvalue weighted by Crippen LogP contribution is -2.27. The van der Waals surface area contributed by atoms with Crippen LogP contribution in [0.1, 0.15) is 32.4 Å². The van der Waals surface area contributed by atoms with Crippen LogP contribution in [0.3, 0.4) is 0 Å². The number of furan rings is 1. The van der Waals surface area contributed by atoms with Gasteiger partial charge in [0.15, 0.2) is 13.0 Å². The second kappa shape index (κ2) is 4.99. The molecule has 0 bridgehead atoms. The number of aliphatic hydroxyl groups excluding tert-OH is 1. The third kappa shape index (κ3) is 2.41. The zero-order valence-corrected chi connectivity index (χ0v) is 12.3. The molecule has 2 rings (SSSR count). The Morgan fingerprint density at radius 1 is 1.11 bits per heavy atom. The Hall–Kier alpha value is -1.31. The van der Waals surface area contributed by atoms with Crippen molar-refractivity contribution in [3.8, 4) is 0 Å². The van der Waals surface area contributed by atoms with Gasteiger partial charge in [-0.3, -0.25) is 0 Å². The molecule has 0 fully saturated rings. The van der Waals surface area contributed by atoms with Gasteiger partial charge in [0.1, 0.15) is 5.76 Å². The normalized spacial score (nSPS) is 16.8. The highest BCUT2D eigenvalue weighted by molar-refractivity contribution is 7.73. The predicted molar refractivity (Wildman–Crippen MR) is 77.1 cm³/mol. The van der Waals surface area contributed by atoms with Crippen molar-refractivity contribution >= 4 is 12.4 Å². The van der Waals surface area contributed by atoms with Crippen LogP contribution in [-0.2, 0) is 4.57 Å². The molecule has 0 aliphatic heterocycles. The predicted octanol–water partition coefficient (Wildman–Crippen LogP) is 3.76. The maximum atomic E-state index is 13.5. The zero-order chi connectivity index (χ0) is 14.1. The topological polar surface area (TPSA) is 50.4 Å². The molecule has 0 saturated heterocycles. The molecule has 1 aromatic heterocycles. The summed E-state index contributed by atoms with van der Waals surface area (Å²) in [6, 6.07) is 12.5. The Labute approximate surface area is 113 Å². The van der Waals surface area contributed by atoms with E-state index in [1.807, 2.05) is 39.0 Å². The van der Waals surface area contributed by atoms with Crippen molar-refractivity contribution in [3.63, 3.8) is 0 Å². The minimum Gasteiger partial charge on any atom is -0.466 e. The molecule has 0 amide bonds. The van der Waals surface area contributed by atoms with Crippen LogP contribution in [0.15, 0.2) is 53.1 Å². The summed E-state index contributed by atoms with van der Waals surface area (Å²) in [7, 11) is -3.07. The van der Waals surface area contributed by atoms with Crippen LogP contribution in [0.5, 0.6) is 0 Å². The first-order valence-corrected chi connectivity index (χ1v) is 8.02. The summed E-state index contributed by atoms with van der Waals surface area (Å²) < 4.78 is 18.8.